The van der Waals surface area contributed by atoms with Crippen molar-refractivity contribution in [3.8, 4) is 5.88 Å². The average Bonchev–Trinajstić information content (AvgIpc) is 2.59. The summed E-state index contributed by atoms with van der Waals surface area (Å²) in [6, 6.07) is 11.7. The summed E-state index contributed by atoms with van der Waals surface area (Å²) in [5, 5.41) is 10.7. The molecule has 0 radical (unpaired) electrons. The van der Waals surface area contributed by atoms with E-state index in [1.807, 2.05) is 37.3 Å². The van der Waals surface area contributed by atoms with Gasteiger partial charge in [0.1, 0.15) is 0 Å². The van der Waals surface area contributed by atoms with Crippen molar-refractivity contribution < 1.29 is 5.11 Å². The molecule has 2 aromatic rings. The number of aromatic nitrogens is 1. The summed E-state index contributed by atoms with van der Waals surface area (Å²) in [7, 11) is 0. The van der Waals surface area contributed by atoms with Crippen LogP contribution in [0.5, 0.6) is 5.88 Å². The number of aromatic hydroxyl groups is 1. The van der Waals surface area contributed by atoms with Crippen molar-refractivity contribution in [2.75, 3.05) is 0 Å². The second-order valence-electron chi connectivity index (χ2n) is 6.66. The quantitative estimate of drug-likeness (QED) is 0.765. The van der Waals surface area contributed by atoms with Gasteiger partial charge in [0.05, 0.1) is 0 Å². The van der Waals surface area contributed by atoms with Crippen molar-refractivity contribution in [2.45, 2.75) is 59.4 Å². The zero-order valence-electron chi connectivity index (χ0n) is 15.1. The zero-order chi connectivity index (χ0) is 17.5. The SMILES string of the molecule is CCCCC(CC)Cn1c(O)c(Cc2ccccc2)c(C)cc1=O. The van der Waals surface area contributed by atoms with Crippen molar-refractivity contribution in [2.24, 2.45) is 5.92 Å². The first-order valence-electron chi connectivity index (χ1n) is 9.03. The summed E-state index contributed by atoms with van der Waals surface area (Å²) in [6.45, 7) is 6.84. The first-order valence-corrected chi connectivity index (χ1v) is 9.03. The third-order valence-electron chi connectivity index (χ3n) is 4.82. The van der Waals surface area contributed by atoms with E-state index in [2.05, 4.69) is 13.8 Å². The smallest absolute Gasteiger partial charge is 0.253 e. The predicted molar refractivity (Wildman–Crippen MR) is 99.7 cm³/mol. The second-order valence-corrected chi connectivity index (χ2v) is 6.66. The molecule has 0 amide bonds. The number of hydrogen-bond donors (Lipinski definition) is 1. The predicted octanol–water partition coefficient (Wildman–Crippen LogP) is 4.67. The molecule has 0 aliphatic carbocycles. The van der Waals surface area contributed by atoms with Gasteiger partial charge in [-0.2, -0.15) is 0 Å². The van der Waals surface area contributed by atoms with E-state index in [0.29, 0.717) is 18.9 Å². The Hall–Kier alpha value is -2.03. The lowest BCUT2D eigenvalue weighted by Crippen LogP contribution is -2.25. The molecule has 0 bridgehead atoms. The summed E-state index contributed by atoms with van der Waals surface area (Å²) >= 11 is 0. The highest BCUT2D eigenvalue weighted by Crippen LogP contribution is 2.24. The maximum atomic E-state index is 12.4. The fraction of sp³-hybridized carbons (Fsp3) is 0.476. The Morgan fingerprint density at radius 3 is 2.50 bits per heavy atom. The van der Waals surface area contributed by atoms with Crippen molar-refractivity contribution >= 4 is 0 Å². The largest absolute Gasteiger partial charge is 0.494 e. The van der Waals surface area contributed by atoms with Crippen molar-refractivity contribution in [1.82, 2.24) is 4.57 Å². The number of hydrogen-bond acceptors (Lipinski definition) is 2. The Labute approximate surface area is 145 Å². The molecule has 0 fully saturated rings. The first kappa shape index (κ1) is 18.3. The third kappa shape index (κ3) is 4.50. The topological polar surface area (TPSA) is 42.2 Å². The van der Waals surface area contributed by atoms with Crippen LogP contribution in [0.1, 0.15) is 56.2 Å². The molecule has 1 aromatic heterocycles. The highest BCUT2D eigenvalue weighted by Gasteiger charge is 2.16. The molecule has 1 N–H and O–H groups in total. The summed E-state index contributed by atoms with van der Waals surface area (Å²) in [6.07, 6.45) is 5.08. The molecule has 0 saturated carbocycles. The van der Waals surface area contributed by atoms with Gasteiger partial charge in [-0.3, -0.25) is 9.36 Å². The van der Waals surface area contributed by atoms with Crippen molar-refractivity contribution in [3.05, 3.63) is 63.4 Å². The molecule has 2 rings (SSSR count). The summed E-state index contributed by atoms with van der Waals surface area (Å²) in [5.41, 5.74) is 2.75. The van der Waals surface area contributed by atoms with Crippen LogP contribution >= 0.6 is 0 Å². The van der Waals surface area contributed by atoms with Crippen LogP contribution in [0.3, 0.4) is 0 Å². The van der Waals surface area contributed by atoms with E-state index in [4.69, 9.17) is 0 Å². The van der Waals surface area contributed by atoms with Gasteiger partial charge in [-0.05, 0) is 30.4 Å². The molecule has 0 aliphatic heterocycles. The molecule has 1 aromatic carbocycles. The minimum Gasteiger partial charge on any atom is -0.494 e. The molecule has 24 heavy (non-hydrogen) atoms. The Kier molecular flexibility index (Phi) is 6.65. The van der Waals surface area contributed by atoms with Crippen LogP contribution < -0.4 is 5.56 Å². The second kappa shape index (κ2) is 8.72. The van der Waals surface area contributed by atoms with Crippen LogP contribution in [0.15, 0.2) is 41.2 Å². The zero-order valence-corrected chi connectivity index (χ0v) is 15.1. The van der Waals surface area contributed by atoms with Crippen LogP contribution in [0.4, 0.5) is 0 Å². The molecule has 0 saturated heterocycles. The van der Waals surface area contributed by atoms with E-state index in [1.54, 1.807) is 10.6 Å². The van der Waals surface area contributed by atoms with E-state index >= 15 is 0 Å². The maximum absolute atomic E-state index is 12.4. The molecular formula is C21H29NO2. The molecule has 3 nitrogen and oxygen atoms in total. The third-order valence-corrected chi connectivity index (χ3v) is 4.82. The lowest BCUT2D eigenvalue weighted by molar-refractivity contribution is 0.337. The Morgan fingerprint density at radius 2 is 1.88 bits per heavy atom. The number of aryl methyl sites for hydroxylation is 1. The number of unbranched alkanes of at least 4 members (excludes halogenated alkanes) is 1. The van der Waals surface area contributed by atoms with E-state index < -0.39 is 0 Å². The maximum Gasteiger partial charge on any atom is 0.253 e. The summed E-state index contributed by atoms with van der Waals surface area (Å²) in [4.78, 5) is 12.4. The van der Waals surface area contributed by atoms with E-state index in [-0.39, 0.29) is 11.4 Å². The minimum absolute atomic E-state index is 0.100. The van der Waals surface area contributed by atoms with Gasteiger partial charge in [0.15, 0.2) is 5.88 Å². The van der Waals surface area contributed by atoms with Crippen LogP contribution in [-0.2, 0) is 13.0 Å². The molecule has 1 unspecified atom stereocenters. The average molecular weight is 327 g/mol. The van der Waals surface area contributed by atoms with Gasteiger partial charge < -0.3 is 5.11 Å². The Morgan fingerprint density at radius 1 is 1.17 bits per heavy atom. The van der Waals surface area contributed by atoms with Crippen LogP contribution in [0.2, 0.25) is 0 Å². The summed E-state index contributed by atoms with van der Waals surface area (Å²) < 4.78 is 1.56. The van der Waals surface area contributed by atoms with Crippen LogP contribution in [0, 0.1) is 12.8 Å². The van der Waals surface area contributed by atoms with E-state index in [0.717, 1.165) is 42.4 Å². The van der Waals surface area contributed by atoms with E-state index in [9.17, 15) is 9.90 Å². The van der Waals surface area contributed by atoms with Crippen molar-refractivity contribution in [3.63, 3.8) is 0 Å². The highest BCUT2D eigenvalue weighted by atomic mass is 16.3. The minimum atomic E-state index is -0.100. The Balaban J connectivity index is 2.31. The normalized spacial score (nSPS) is 12.3. The fourth-order valence-electron chi connectivity index (χ4n) is 3.16. The summed E-state index contributed by atoms with van der Waals surface area (Å²) in [5.74, 6) is 0.569. The highest BCUT2D eigenvalue weighted by molar-refractivity contribution is 5.38. The molecule has 3 heteroatoms. The van der Waals surface area contributed by atoms with Crippen LogP contribution in [0.25, 0.3) is 0 Å². The molecule has 130 valence electrons. The van der Waals surface area contributed by atoms with Gasteiger partial charge in [-0.1, -0.05) is 63.4 Å². The standard InChI is InChI=1S/C21H29NO2/c1-4-6-10-17(5-2)15-22-20(23)13-16(3)19(21(22)24)14-18-11-8-7-9-12-18/h7-9,11-13,17,24H,4-6,10,14-15H2,1-3H3. The molecular weight excluding hydrogens is 298 g/mol. The van der Waals surface area contributed by atoms with Crippen LogP contribution in [-0.4, -0.2) is 9.67 Å². The number of nitrogens with zero attached hydrogens (tertiary/aromatic N) is 1. The lowest BCUT2D eigenvalue weighted by atomic mass is 9.98. The number of rotatable bonds is 8. The fourth-order valence-corrected chi connectivity index (χ4v) is 3.16. The van der Waals surface area contributed by atoms with Crippen molar-refractivity contribution in [1.29, 1.82) is 0 Å². The van der Waals surface area contributed by atoms with Gasteiger partial charge in [-0.25, -0.2) is 0 Å². The molecule has 0 spiro atoms. The molecule has 1 atom stereocenters. The van der Waals surface area contributed by atoms with E-state index in [1.165, 1.54) is 0 Å². The Bertz CT molecular complexity index is 704. The van der Waals surface area contributed by atoms with Gasteiger partial charge in [-0.15, -0.1) is 0 Å². The number of pyridine rings is 1. The van der Waals surface area contributed by atoms with Gasteiger partial charge in [0.2, 0.25) is 0 Å². The monoisotopic (exact) mass is 327 g/mol. The van der Waals surface area contributed by atoms with Gasteiger partial charge in [0, 0.05) is 24.6 Å². The molecule has 1 heterocycles. The lowest BCUT2D eigenvalue weighted by Gasteiger charge is -2.20. The number of benzene rings is 1. The van der Waals surface area contributed by atoms with Gasteiger partial charge in [0.25, 0.3) is 5.56 Å². The first-order chi connectivity index (χ1) is 11.6. The molecule has 0 aliphatic rings. The van der Waals surface area contributed by atoms with Gasteiger partial charge >= 0.3 is 0 Å².